The number of nitrogens with zero attached hydrogens (tertiary/aromatic N) is 5. The molecule has 1 aliphatic heterocycles. The lowest BCUT2D eigenvalue weighted by atomic mass is 9.96. The van der Waals surface area contributed by atoms with Gasteiger partial charge in [0.05, 0.1) is 5.56 Å². The fraction of sp³-hybridized carbons (Fsp3) is 0.333. The third kappa shape index (κ3) is 3.45. The second-order valence-corrected chi connectivity index (χ2v) is 6.36. The van der Waals surface area contributed by atoms with Crippen LogP contribution < -0.4 is 10.2 Å². The number of aromatic nitrogens is 4. The van der Waals surface area contributed by atoms with Crippen LogP contribution in [0.5, 0.6) is 0 Å². The Bertz CT molecular complexity index is 854. The highest BCUT2D eigenvalue weighted by Crippen LogP contribution is 2.22. The van der Waals surface area contributed by atoms with E-state index in [1.807, 2.05) is 24.5 Å². The van der Waals surface area contributed by atoms with Gasteiger partial charge in [0.2, 0.25) is 0 Å². The molecule has 0 radical (unpaired) electrons. The number of piperidine rings is 1. The van der Waals surface area contributed by atoms with E-state index in [1.165, 1.54) is 5.69 Å². The molecule has 0 bridgehead atoms. The Morgan fingerprint density at radius 2 is 1.96 bits per heavy atom. The molecule has 3 aromatic rings. The molecule has 128 valence electrons. The number of anilines is 1. The highest BCUT2D eigenvalue weighted by atomic mass is 16.1. The zero-order valence-corrected chi connectivity index (χ0v) is 13.9. The Kier molecular flexibility index (Phi) is 4.28. The van der Waals surface area contributed by atoms with E-state index in [4.69, 9.17) is 0 Å². The molecule has 1 saturated heterocycles. The molecule has 0 aromatic carbocycles. The Labute approximate surface area is 145 Å². The Hall–Kier alpha value is -2.96. The van der Waals surface area contributed by atoms with Crippen LogP contribution in [-0.4, -0.2) is 45.1 Å². The first-order valence-corrected chi connectivity index (χ1v) is 8.52. The van der Waals surface area contributed by atoms with Gasteiger partial charge in [-0.05, 0) is 43.0 Å². The van der Waals surface area contributed by atoms with Crippen LogP contribution in [0.1, 0.15) is 23.2 Å². The minimum absolute atomic E-state index is 0.0489. The molecule has 3 aromatic heterocycles. The number of carbonyl (C=O) groups is 1. The predicted octanol–water partition coefficient (Wildman–Crippen LogP) is 1.77. The summed E-state index contributed by atoms with van der Waals surface area (Å²) in [7, 11) is 0. The Balaban J connectivity index is 1.29. The average molecular weight is 336 g/mol. The third-order valence-corrected chi connectivity index (χ3v) is 4.75. The fourth-order valence-corrected chi connectivity index (χ4v) is 3.25. The van der Waals surface area contributed by atoms with Gasteiger partial charge >= 0.3 is 0 Å². The smallest absolute Gasteiger partial charge is 0.252 e. The van der Waals surface area contributed by atoms with Gasteiger partial charge in [-0.2, -0.15) is 0 Å². The van der Waals surface area contributed by atoms with Gasteiger partial charge in [0, 0.05) is 43.9 Å². The van der Waals surface area contributed by atoms with Crippen molar-refractivity contribution >= 4 is 17.2 Å². The van der Waals surface area contributed by atoms with Gasteiger partial charge in [-0.1, -0.05) is 0 Å². The molecule has 1 aliphatic rings. The zero-order chi connectivity index (χ0) is 17.1. The van der Waals surface area contributed by atoms with Crippen molar-refractivity contribution in [2.45, 2.75) is 12.8 Å². The van der Waals surface area contributed by atoms with Crippen molar-refractivity contribution < 1.29 is 4.79 Å². The molecule has 1 amide bonds. The summed E-state index contributed by atoms with van der Waals surface area (Å²) in [4.78, 5) is 18.8. The second-order valence-electron chi connectivity index (χ2n) is 6.36. The van der Waals surface area contributed by atoms with Gasteiger partial charge in [0.25, 0.3) is 5.91 Å². The monoisotopic (exact) mass is 336 g/mol. The third-order valence-electron chi connectivity index (χ3n) is 4.75. The maximum Gasteiger partial charge on any atom is 0.252 e. The van der Waals surface area contributed by atoms with Crippen LogP contribution in [0.4, 0.5) is 5.69 Å². The summed E-state index contributed by atoms with van der Waals surface area (Å²) in [5, 5.41) is 10.8. The quantitative estimate of drug-likeness (QED) is 0.786. The molecule has 7 heteroatoms. The molecule has 1 N–H and O–H groups in total. The SMILES string of the molecule is O=C(NCC1CCN(c2ccncc2)CC1)c1ccc2nncn2c1. The molecule has 0 saturated carbocycles. The van der Waals surface area contributed by atoms with Gasteiger partial charge in [-0.3, -0.25) is 14.2 Å². The molecule has 7 nitrogen and oxygen atoms in total. The highest BCUT2D eigenvalue weighted by molar-refractivity contribution is 5.94. The summed E-state index contributed by atoms with van der Waals surface area (Å²) < 4.78 is 1.75. The lowest BCUT2D eigenvalue weighted by Gasteiger charge is -2.33. The first kappa shape index (κ1) is 15.6. The van der Waals surface area contributed by atoms with Gasteiger partial charge in [-0.25, -0.2) is 0 Å². The summed E-state index contributed by atoms with van der Waals surface area (Å²) in [5.74, 6) is 0.466. The van der Waals surface area contributed by atoms with E-state index in [2.05, 4.69) is 25.4 Å². The van der Waals surface area contributed by atoms with Crippen molar-refractivity contribution in [2.24, 2.45) is 5.92 Å². The number of amides is 1. The van der Waals surface area contributed by atoms with E-state index in [0.29, 0.717) is 18.0 Å². The van der Waals surface area contributed by atoms with Crippen molar-refractivity contribution in [2.75, 3.05) is 24.5 Å². The van der Waals surface area contributed by atoms with Crippen LogP contribution in [0, 0.1) is 5.92 Å². The summed E-state index contributed by atoms with van der Waals surface area (Å²) in [6.45, 7) is 2.73. The summed E-state index contributed by atoms with van der Waals surface area (Å²) >= 11 is 0. The van der Waals surface area contributed by atoms with E-state index in [1.54, 1.807) is 29.1 Å². The van der Waals surface area contributed by atoms with Crippen LogP contribution >= 0.6 is 0 Å². The number of pyridine rings is 2. The molecule has 0 unspecified atom stereocenters. The fourth-order valence-electron chi connectivity index (χ4n) is 3.25. The maximum atomic E-state index is 12.4. The molecule has 1 fully saturated rings. The minimum Gasteiger partial charge on any atom is -0.371 e. The average Bonchev–Trinajstić information content (AvgIpc) is 3.15. The number of fused-ring (bicyclic) bond motifs is 1. The van der Waals surface area contributed by atoms with Crippen LogP contribution in [0.2, 0.25) is 0 Å². The number of rotatable bonds is 4. The van der Waals surface area contributed by atoms with Crippen molar-refractivity contribution in [1.29, 1.82) is 0 Å². The first-order valence-electron chi connectivity index (χ1n) is 8.52. The van der Waals surface area contributed by atoms with Crippen molar-refractivity contribution in [3.05, 3.63) is 54.7 Å². The lowest BCUT2D eigenvalue weighted by Crippen LogP contribution is -2.38. The number of carbonyl (C=O) groups excluding carboxylic acids is 1. The minimum atomic E-state index is -0.0489. The molecular weight excluding hydrogens is 316 g/mol. The van der Waals surface area contributed by atoms with Gasteiger partial charge < -0.3 is 10.2 Å². The summed E-state index contributed by atoms with van der Waals surface area (Å²) in [6.07, 6.45) is 9.17. The van der Waals surface area contributed by atoms with Gasteiger partial charge in [0.15, 0.2) is 5.65 Å². The molecular formula is C18H20N6O. The molecule has 4 rings (SSSR count). The maximum absolute atomic E-state index is 12.4. The zero-order valence-electron chi connectivity index (χ0n) is 13.9. The first-order chi connectivity index (χ1) is 12.3. The second kappa shape index (κ2) is 6.88. The summed E-state index contributed by atoms with van der Waals surface area (Å²) in [6, 6.07) is 7.67. The van der Waals surface area contributed by atoms with Crippen LogP contribution in [-0.2, 0) is 0 Å². The standard InChI is InChI=1S/C18H20N6O/c25-18(15-1-2-17-22-21-13-24(17)12-15)20-11-14-5-9-23(10-6-14)16-3-7-19-8-4-16/h1-4,7-8,12-14H,5-6,9-11H2,(H,20,25). The van der Waals surface area contributed by atoms with E-state index >= 15 is 0 Å². The van der Waals surface area contributed by atoms with Crippen molar-refractivity contribution in [3.63, 3.8) is 0 Å². The van der Waals surface area contributed by atoms with Crippen molar-refractivity contribution in [1.82, 2.24) is 24.9 Å². The largest absolute Gasteiger partial charge is 0.371 e. The molecule has 0 atom stereocenters. The van der Waals surface area contributed by atoms with E-state index < -0.39 is 0 Å². The predicted molar refractivity (Wildman–Crippen MR) is 94.5 cm³/mol. The van der Waals surface area contributed by atoms with E-state index in [0.717, 1.165) is 31.6 Å². The van der Waals surface area contributed by atoms with Crippen molar-refractivity contribution in [3.8, 4) is 0 Å². The molecule has 0 spiro atoms. The van der Waals surface area contributed by atoms with Gasteiger partial charge in [-0.15, -0.1) is 10.2 Å². The van der Waals surface area contributed by atoms with Crippen LogP contribution in [0.15, 0.2) is 49.2 Å². The Morgan fingerprint density at radius 1 is 1.16 bits per heavy atom. The highest BCUT2D eigenvalue weighted by Gasteiger charge is 2.20. The molecule has 4 heterocycles. The number of hydrogen-bond donors (Lipinski definition) is 1. The number of nitrogens with one attached hydrogen (secondary N) is 1. The van der Waals surface area contributed by atoms with Gasteiger partial charge in [0.1, 0.15) is 6.33 Å². The van der Waals surface area contributed by atoms with E-state index in [-0.39, 0.29) is 5.91 Å². The lowest BCUT2D eigenvalue weighted by molar-refractivity contribution is 0.0944. The van der Waals surface area contributed by atoms with Crippen LogP contribution in [0.25, 0.3) is 5.65 Å². The van der Waals surface area contributed by atoms with E-state index in [9.17, 15) is 4.79 Å². The normalized spacial score (nSPS) is 15.4. The molecule has 0 aliphatic carbocycles. The molecule has 25 heavy (non-hydrogen) atoms. The Morgan fingerprint density at radius 3 is 2.76 bits per heavy atom. The topological polar surface area (TPSA) is 75.4 Å². The van der Waals surface area contributed by atoms with Crippen LogP contribution in [0.3, 0.4) is 0 Å². The summed E-state index contributed by atoms with van der Waals surface area (Å²) in [5.41, 5.74) is 2.58. The number of hydrogen-bond acceptors (Lipinski definition) is 5.